The van der Waals surface area contributed by atoms with Crippen molar-refractivity contribution in [2.45, 2.75) is 38.0 Å². The van der Waals surface area contributed by atoms with Crippen molar-refractivity contribution in [1.29, 1.82) is 0 Å². The van der Waals surface area contributed by atoms with Gasteiger partial charge in [-0.05, 0) is 35.7 Å². The molecular weight excluding hydrogens is 477 g/mol. The van der Waals surface area contributed by atoms with Gasteiger partial charge in [-0.1, -0.05) is 25.1 Å². The monoisotopic (exact) mass is 504 g/mol. The smallest absolute Gasteiger partial charge is 0.410 e. The van der Waals surface area contributed by atoms with Crippen LogP contribution in [0.15, 0.2) is 42.6 Å². The fourth-order valence-electron chi connectivity index (χ4n) is 4.39. The van der Waals surface area contributed by atoms with Crippen molar-refractivity contribution < 1.29 is 32.2 Å². The number of para-hydroxylation sites is 1. The Hall–Kier alpha value is -3.89. The Balaban J connectivity index is 1.74. The van der Waals surface area contributed by atoms with Crippen LogP contribution in [0, 0.1) is 0 Å². The Morgan fingerprint density at radius 2 is 1.81 bits per heavy atom. The Kier molecular flexibility index (Phi) is 7.00. The van der Waals surface area contributed by atoms with Gasteiger partial charge < -0.3 is 24.8 Å². The molecule has 1 aliphatic rings. The number of amides is 1. The van der Waals surface area contributed by atoms with Crippen LogP contribution in [0.2, 0.25) is 0 Å². The van der Waals surface area contributed by atoms with E-state index in [-0.39, 0.29) is 17.8 Å². The minimum Gasteiger partial charge on any atom is -0.493 e. The second kappa shape index (κ2) is 10.00. The van der Waals surface area contributed by atoms with Gasteiger partial charge in [-0.25, -0.2) is 4.68 Å². The molecule has 2 aromatic carbocycles. The third-order valence-electron chi connectivity index (χ3n) is 6.22. The van der Waals surface area contributed by atoms with Crippen LogP contribution in [0.1, 0.15) is 46.9 Å². The maximum absolute atomic E-state index is 14.1. The molecule has 0 bridgehead atoms. The van der Waals surface area contributed by atoms with Crippen LogP contribution >= 0.6 is 0 Å². The highest BCUT2D eigenvalue weighted by Gasteiger charge is 2.47. The molecule has 36 heavy (non-hydrogen) atoms. The lowest BCUT2D eigenvalue weighted by Crippen LogP contribution is -2.36. The fourth-order valence-corrected chi connectivity index (χ4v) is 4.39. The average molecular weight is 505 g/mol. The molecule has 192 valence electrons. The van der Waals surface area contributed by atoms with Gasteiger partial charge in [-0.3, -0.25) is 4.79 Å². The predicted octanol–water partition coefficient (Wildman–Crippen LogP) is 5.38. The molecule has 2 heterocycles. The number of ether oxygens (including phenoxy) is 3. The van der Waals surface area contributed by atoms with Crippen molar-refractivity contribution >= 4 is 17.4 Å². The maximum Gasteiger partial charge on any atom is 0.410 e. The number of nitrogens with zero attached hydrogens (tertiary/aromatic N) is 2. The fraction of sp³-hybridized carbons (Fsp3) is 0.360. The highest BCUT2D eigenvalue weighted by molar-refractivity contribution is 6.07. The summed E-state index contributed by atoms with van der Waals surface area (Å²) in [5.74, 6) is 0.368. The first-order chi connectivity index (χ1) is 17.2. The second-order valence-electron chi connectivity index (χ2n) is 8.26. The number of alkyl halides is 3. The van der Waals surface area contributed by atoms with Crippen LogP contribution < -0.4 is 24.8 Å². The Morgan fingerprint density at radius 3 is 2.39 bits per heavy atom. The molecule has 2 atom stereocenters. The quantitative estimate of drug-likeness (QED) is 0.449. The number of benzene rings is 2. The van der Waals surface area contributed by atoms with Gasteiger partial charge in [0.25, 0.3) is 5.91 Å². The van der Waals surface area contributed by atoms with Crippen LogP contribution in [-0.4, -0.2) is 43.2 Å². The molecule has 1 aromatic heterocycles. The Morgan fingerprint density at radius 1 is 1.14 bits per heavy atom. The highest BCUT2D eigenvalue weighted by Crippen LogP contribution is 2.47. The molecule has 8 nitrogen and oxygen atoms in total. The van der Waals surface area contributed by atoms with Crippen LogP contribution in [0.4, 0.5) is 24.7 Å². The standard InChI is InChI=1S/C25H27F3N4O4/c1-5-14-8-6-7-9-17(14)31-24(33)16-13-29-32-21(25(26,27)28)12-18(30-23(16)32)15-10-19(34-2)22(36-4)20(11-15)35-3/h6-11,13,18,21,30H,5,12H2,1-4H3,(H,31,33). The topological polar surface area (TPSA) is 86.6 Å². The zero-order valence-corrected chi connectivity index (χ0v) is 20.3. The number of nitrogens with one attached hydrogen (secondary N) is 2. The van der Waals surface area contributed by atoms with Crippen LogP contribution in [0.3, 0.4) is 0 Å². The molecule has 0 saturated heterocycles. The first-order valence-electron chi connectivity index (χ1n) is 11.3. The third-order valence-corrected chi connectivity index (χ3v) is 6.22. The molecule has 2 unspecified atom stereocenters. The molecule has 3 aromatic rings. The highest BCUT2D eigenvalue weighted by atomic mass is 19.4. The van der Waals surface area contributed by atoms with E-state index >= 15 is 0 Å². The first kappa shape index (κ1) is 25.2. The summed E-state index contributed by atoms with van der Waals surface area (Å²) >= 11 is 0. The van der Waals surface area contributed by atoms with E-state index in [1.807, 2.05) is 19.1 Å². The van der Waals surface area contributed by atoms with Gasteiger partial charge in [0.2, 0.25) is 5.75 Å². The molecule has 4 rings (SSSR count). The van der Waals surface area contributed by atoms with E-state index in [1.54, 1.807) is 24.3 Å². The summed E-state index contributed by atoms with van der Waals surface area (Å²) in [4.78, 5) is 13.2. The van der Waals surface area contributed by atoms with Gasteiger partial charge in [-0.2, -0.15) is 18.3 Å². The first-order valence-corrected chi connectivity index (χ1v) is 11.3. The second-order valence-corrected chi connectivity index (χ2v) is 8.26. The van der Waals surface area contributed by atoms with Crippen molar-refractivity contribution in [1.82, 2.24) is 9.78 Å². The minimum atomic E-state index is -4.59. The molecule has 2 N–H and O–H groups in total. The van der Waals surface area contributed by atoms with Crippen molar-refractivity contribution in [2.75, 3.05) is 32.0 Å². The average Bonchev–Trinajstić information content (AvgIpc) is 3.31. The van der Waals surface area contributed by atoms with Gasteiger partial charge in [0, 0.05) is 12.1 Å². The third kappa shape index (κ3) is 4.65. The molecule has 1 amide bonds. The number of aryl methyl sites for hydroxylation is 1. The number of carbonyl (C=O) groups excluding carboxylic acids is 1. The summed E-state index contributed by atoms with van der Waals surface area (Å²) < 4.78 is 59.2. The number of halogens is 3. The summed E-state index contributed by atoms with van der Waals surface area (Å²) in [5.41, 5.74) is 1.99. The van der Waals surface area contributed by atoms with Crippen LogP contribution in [-0.2, 0) is 6.42 Å². The van der Waals surface area contributed by atoms with E-state index in [0.29, 0.717) is 34.9 Å². The number of fused-ring (bicyclic) bond motifs is 1. The molecule has 1 aliphatic heterocycles. The molecular formula is C25H27F3N4O4. The summed E-state index contributed by atoms with van der Waals surface area (Å²) in [5, 5.41) is 9.83. The minimum absolute atomic E-state index is 0.00676. The van der Waals surface area contributed by atoms with Crippen molar-refractivity contribution in [3.05, 3.63) is 59.3 Å². The van der Waals surface area contributed by atoms with Gasteiger partial charge in [0.05, 0.1) is 33.6 Å². The summed E-state index contributed by atoms with van der Waals surface area (Å²) in [7, 11) is 4.30. The van der Waals surface area contributed by atoms with E-state index in [2.05, 4.69) is 15.7 Å². The molecule has 0 radical (unpaired) electrons. The number of anilines is 2. The number of methoxy groups -OCH3 is 3. The van der Waals surface area contributed by atoms with Gasteiger partial charge in [0.1, 0.15) is 11.4 Å². The van der Waals surface area contributed by atoms with Gasteiger partial charge in [-0.15, -0.1) is 0 Å². The molecule has 0 spiro atoms. The van der Waals surface area contributed by atoms with Crippen molar-refractivity contribution in [3.8, 4) is 17.2 Å². The molecule has 0 fully saturated rings. The normalized spacial score (nSPS) is 17.1. The number of aromatic nitrogens is 2. The van der Waals surface area contributed by atoms with Crippen molar-refractivity contribution in [3.63, 3.8) is 0 Å². The van der Waals surface area contributed by atoms with E-state index in [1.165, 1.54) is 21.3 Å². The largest absolute Gasteiger partial charge is 0.493 e. The maximum atomic E-state index is 14.1. The number of hydrogen-bond donors (Lipinski definition) is 2. The molecule has 0 saturated carbocycles. The van der Waals surface area contributed by atoms with E-state index in [9.17, 15) is 18.0 Å². The molecule has 0 aliphatic carbocycles. The van der Waals surface area contributed by atoms with Crippen LogP contribution in [0.25, 0.3) is 0 Å². The summed E-state index contributed by atoms with van der Waals surface area (Å²) in [6.45, 7) is 1.95. The van der Waals surface area contributed by atoms with E-state index < -0.39 is 24.2 Å². The molecule has 11 heteroatoms. The Labute approximate surface area is 206 Å². The zero-order chi connectivity index (χ0) is 26.0. The number of rotatable bonds is 7. The Bertz CT molecular complexity index is 1230. The lowest BCUT2D eigenvalue weighted by atomic mass is 9.95. The summed E-state index contributed by atoms with van der Waals surface area (Å²) in [6.07, 6.45) is -3.11. The lowest BCUT2D eigenvalue weighted by molar-refractivity contribution is -0.173. The van der Waals surface area contributed by atoms with Crippen molar-refractivity contribution in [2.24, 2.45) is 0 Å². The lowest BCUT2D eigenvalue weighted by Gasteiger charge is -2.34. The predicted molar refractivity (Wildman–Crippen MR) is 128 cm³/mol. The van der Waals surface area contributed by atoms with E-state index in [0.717, 1.165) is 16.4 Å². The zero-order valence-electron chi connectivity index (χ0n) is 20.3. The van der Waals surface area contributed by atoms with E-state index in [4.69, 9.17) is 14.2 Å². The van der Waals surface area contributed by atoms with Crippen LogP contribution in [0.5, 0.6) is 17.2 Å². The SMILES string of the molecule is CCc1ccccc1NC(=O)c1cnn2c1NC(c1cc(OC)c(OC)c(OC)c1)CC2C(F)(F)F. The van der Waals surface area contributed by atoms with Gasteiger partial charge >= 0.3 is 6.18 Å². The number of carbonyl (C=O) groups is 1. The number of hydrogen-bond acceptors (Lipinski definition) is 6. The summed E-state index contributed by atoms with van der Waals surface area (Å²) in [6, 6.07) is 7.69. The van der Waals surface area contributed by atoms with Gasteiger partial charge in [0.15, 0.2) is 17.5 Å².